The van der Waals surface area contributed by atoms with Crippen molar-refractivity contribution in [3.05, 3.63) is 108 Å². The topological polar surface area (TPSA) is 66.4 Å². The molecule has 2 N–H and O–H groups in total. The molecule has 4 nitrogen and oxygen atoms in total. The molecule has 4 aromatic carbocycles. The summed E-state index contributed by atoms with van der Waals surface area (Å²) in [7, 11) is 1.83. The summed E-state index contributed by atoms with van der Waals surface area (Å²) in [5, 5.41) is 12.4. The van der Waals surface area contributed by atoms with Crippen LogP contribution in [0.4, 0.5) is 5.69 Å². The van der Waals surface area contributed by atoms with Crippen molar-refractivity contribution in [3.63, 3.8) is 0 Å². The van der Waals surface area contributed by atoms with E-state index in [-0.39, 0.29) is 11.5 Å². The molecule has 180 valence electrons. The number of ketones is 1. The molecule has 4 aromatic rings. The molecule has 0 fully saturated rings. The van der Waals surface area contributed by atoms with Crippen molar-refractivity contribution in [2.75, 3.05) is 12.4 Å². The average molecular weight is 468 g/mol. The molecule has 0 bridgehead atoms. The summed E-state index contributed by atoms with van der Waals surface area (Å²) in [6.07, 6.45) is 1.90. The molecule has 4 rings (SSSR count). The normalized spacial score (nSPS) is 9.60. The Balaban J connectivity index is 0.000000223. The van der Waals surface area contributed by atoms with Crippen LogP contribution in [0.2, 0.25) is 0 Å². The molecular formula is C31H33NO3. The van der Waals surface area contributed by atoms with Gasteiger partial charge in [-0.2, -0.15) is 0 Å². The average Bonchev–Trinajstić information content (AvgIpc) is 2.90. The number of rotatable bonds is 5. The molecular weight excluding hydrogens is 434 g/mol. The number of hydrogen-bond acceptors (Lipinski definition) is 4. The standard InChI is InChI=1S/C15H15NO.C13H10O2.C3H8/c1-11(17)14-9-8-13(10-15(14)16-2)12-6-4-3-5-7-12;14-9-12-8-11(6-7-13(12)15)10-4-2-1-3-5-10;1-3-2/h3-10,16H,1-2H3;1-9,15H;3H2,1-2H3. The molecule has 0 unspecified atom stereocenters. The van der Waals surface area contributed by atoms with E-state index in [0.29, 0.717) is 11.8 Å². The lowest BCUT2D eigenvalue weighted by atomic mass is 10.0. The van der Waals surface area contributed by atoms with Gasteiger partial charge in [0.05, 0.1) is 5.56 Å². The monoisotopic (exact) mass is 467 g/mol. The summed E-state index contributed by atoms with van der Waals surface area (Å²) >= 11 is 0. The van der Waals surface area contributed by atoms with E-state index in [1.165, 1.54) is 12.5 Å². The number of benzene rings is 4. The number of phenols is 1. The molecule has 0 saturated heterocycles. The molecule has 0 atom stereocenters. The Morgan fingerprint density at radius 1 is 0.771 bits per heavy atom. The fourth-order valence-electron chi connectivity index (χ4n) is 3.33. The van der Waals surface area contributed by atoms with Gasteiger partial charge in [0.1, 0.15) is 5.75 Å². The zero-order valence-electron chi connectivity index (χ0n) is 20.8. The predicted molar refractivity (Wildman–Crippen MR) is 146 cm³/mol. The predicted octanol–water partition coefficient (Wildman–Crippen LogP) is 7.89. The molecule has 4 heteroatoms. The minimum atomic E-state index is 0.0182. The molecule has 0 spiro atoms. The van der Waals surface area contributed by atoms with Crippen LogP contribution in [-0.2, 0) is 0 Å². The second-order valence-electron chi connectivity index (χ2n) is 7.90. The Morgan fingerprint density at radius 2 is 1.26 bits per heavy atom. The molecule has 0 aliphatic rings. The minimum absolute atomic E-state index is 0.0182. The number of carbonyl (C=O) groups is 2. The highest BCUT2D eigenvalue weighted by molar-refractivity contribution is 6.00. The summed E-state index contributed by atoms with van der Waals surface area (Å²) in [4.78, 5) is 22.1. The van der Waals surface area contributed by atoms with E-state index in [9.17, 15) is 14.7 Å². The van der Waals surface area contributed by atoms with Gasteiger partial charge in [-0.25, -0.2) is 0 Å². The van der Waals surface area contributed by atoms with Gasteiger partial charge >= 0.3 is 0 Å². The Hall–Kier alpha value is -4.18. The summed E-state index contributed by atoms with van der Waals surface area (Å²) in [6, 6.07) is 30.7. The van der Waals surface area contributed by atoms with E-state index in [0.717, 1.165) is 33.5 Å². The number of aromatic hydroxyl groups is 1. The number of Topliss-reactive ketones (excluding diaryl/α,β-unsaturated/α-hetero) is 1. The maximum Gasteiger partial charge on any atom is 0.161 e. The van der Waals surface area contributed by atoms with Crippen LogP contribution in [0.25, 0.3) is 22.3 Å². The number of nitrogens with one attached hydrogen (secondary N) is 1. The SMILES string of the molecule is CCC.CNc1cc(-c2ccccc2)ccc1C(C)=O.O=Cc1cc(-c2ccccc2)ccc1O. The van der Waals surface area contributed by atoms with Gasteiger partial charge in [0, 0.05) is 18.3 Å². The second-order valence-corrected chi connectivity index (χ2v) is 7.90. The number of anilines is 1. The second kappa shape index (κ2) is 14.2. The maximum atomic E-state index is 11.4. The molecule has 0 heterocycles. The molecule has 0 aromatic heterocycles. The summed E-state index contributed by atoms with van der Waals surface area (Å²) in [5.41, 5.74) is 6.14. The largest absolute Gasteiger partial charge is 0.507 e. The number of hydrogen-bond donors (Lipinski definition) is 2. The smallest absolute Gasteiger partial charge is 0.161 e. The van der Waals surface area contributed by atoms with Crippen molar-refractivity contribution in [2.24, 2.45) is 0 Å². The van der Waals surface area contributed by atoms with E-state index in [2.05, 4.69) is 31.3 Å². The van der Waals surface area contributed by atoms with Gasteiger partial charge in [0.15, 0.2) is 12.1 Å². The van der Waals surface area contributed by atoms with Crippen molar-refractivity contribution in [3.8, 4) is 28.0 Å². The highest BCUT2D eigenvalue weighted by atomic mass is 16.3. The first-order chi connectivity index (χ1) is 16.9. The van der Waals surface area contributed by atoms with Crippen LogP contribution < -0.4 is 5.32 Å². The third-order valence-electron chi connectivity index (χ3n) is 5.04. The van der Waals surface area contributed by atoms with Crippen LogP contribution >= 0.6 is 0 Å². The third-order valence-corrected chi connectivity index (χ3v) is 5.04. The van der Waals surface area contributed by atoms with Crippen LogP contribution in [-0.4, -0.2) is 24.2 Å². The van der Waals surface area contributed by atoms with E-state index < -0.39 is 0 Å². The first-order valence-electron chi connectivity index (χ1n) is 11.7. The first-order valence-corrected chi connectivity index (χ1v) is 11.7. The van der Waals surface area contributed by atoms with Crippen LogP contribution in [0, 0.1) is 0 Å². The Bertz CT molecular complexity index is 1220. The fraction of sp³-hybridized carbons (Fsp3) is 0.161. The molecule has 0 aliphatic carbocycles. The van der Waals surface area contributed by atoms with E-state index in [1.807, 2.05) is 73.8 Å². The van der Waals surface area contributed by atoms with Gasteiger partial charge < -0.3 is 10.4 Å². The maximum absolute atomic E-state index is 11.4. The van der Waals surface area contributed by atoms with Gasteiger partial charge in [-0.15, -0.1) is 0 Å². The van der Waals surface area contributed by atoms with Gasteiger partial charge in [-0.05, 0) is 53.4 Å². The van der Waals surface area contributed by atoms with Crippen molar-refractivity contribution < 1.29 is 14.7 Å². The van der Waals surface area contributed by atoms with Crippen molar-refractivity contribution in [1.29, 1.82) is 0 Å². The van der Waals surface area contributed by atoms with Crippen LogP contribution in [0.1, 0.15) is 47.9 Å². The fourth-order valence-corrected chi connectivity index (χ4v) is 3.33. The number of carbonyl (C=O) groups excluding carboxylic acids is 2. The number of phenolic OH excluding ortho intramolecular Hbond substituents is 1. The molecule has 35 heavy (non-hydrogen) atoms. The van der Waals surface area contributed by atoms with Crippen LogP contribution in [0.3, 0.4) is 0 Å². The van der Waals surface area contributed by atoms with Gasteiger partial charge in [0.25, 0.3) is 0 Å². The Morgan fingerprint density at radius 3 is 1.71 bits per heavy atom. The summed E-state index contributed by atoms with van der Waals surface area (Å²) in [6.45, 7) is 5.83. The zero-order chi connectivity index (χ0) is 25.6. The van der Waals surface area contributed by atoms with Crippen LogP contribution in [0.15, 0.2) is 97.1 Å². The Kier molecular flexibility index (Phi) is 11.0. The lowest BCUT2D eigenvalue weighted by Gasteiger charge is -2.09. The Labute approximate surface area is 208 Å². The van der Waals surface area contributed by atoms with Gasteiger partial charge in [0.2, 0.25) is 0 Å². The first kappa shape index (κ1) is 27.1. The quantitative estimate of drug-likeness (QED) is 0.231. The number of aldehydes is 1. The highest BCUT2D eigenvalue weighted by Crippen LogP contribution is 2.26. The van der Waals surface area contributed by atoms with Crippen LogP contribution in [0.5, 0.6) is 5.75 Å². The van der Waals surface area contributed by atoms with E-state index in [1.54, 1.807) is 19.1 Å². The minimum Gasteiger partial charge on any atom is -0.507 e. The van der Waals surface area contributed by atoms with Crippen molar-refractivity contribution in [2.45, 2.75) is 27.2 Å². The molecule has 0 radical (unpaired) electrons. The lowest BCUT2D eigenvalue weighted by Crippen LogP contribution is -2.00. The third kappa shape index (κ3) is 7.97. The molecule has 0 aliphatic heterocycles. The summed E-state index contributed by atoms with van der Waals surface area (Å²) in [5.74, 6) is 0.0960. The van der Waals surface area contributed by atoms with Crippen molar-refractivity contribution >= 4 is 17.8 Å². The molecule has 0 amide bonds. The van der Waals surface area contributed by atoms with Gasteiger partial charge in [-0.1, -0.05) is 93.1 Å². The van der Waals surface area contributed by atoms with Gasteiger partial charge in [-0.3, -0.25) is 9.59 Å². The highest BCUT2D eigenvalue weighted by Gasteiger charge is 2.07. The van der Waals surface area contributed by atoms with E-state index >= 15 is 0 Å². The molecule has 0 saturated carbocycles. The zero-order valence-corrected chi connectivity index (χ0v) is 20.8. The lowest BCUT2D eigenvalue weighted by molar-refractivity contribution is 0.101. The summed E-state index contributed by atoms with van der Waals surface area (Å²) < 4.78 is 0. The van der Waals surface area contributed by atoms with E-state index in [4.69, 9.17) is 0 Å². The van der Waals surface area contributed by atoms with Crippen molar-refractivity contribution in [1.82, 2.24) is 0 Å².